The minimum Gasteiger partial charge on any atom is -0.377 e. The number of aliphatic imine (C=N–C) groups is 1. The minimum absolute atomic E-state index is 0.283. The standard InChI is InChI=1S/C11H22N4O3S/c1-9(2)19(16,17)14-11-12-7-15(8-13-11)6-10-4-3-5-18-10/h9-10H,3-8H2,1-2H3,(H2,12,13,14)/t10-/m1/s1. The van der Waals surface area contributed by atoms with Crippen LogP contribution in [0, 0.1) is 0 Å². The lowest BCUT2D eigenvalue weighted by Crippen LogP contribution is -2.52. The largest absolute Gasteiger partial charge is 0.377 e. The number of sulfonamides is 1. The van der Waals surface area contributed by atoms with E-state index in [1.165, 1.54) is 0 Å². The van der Waals surface area contributed by atoms with Crippen molar-refractivity contribution in [2.75, 3.05) is 26.5 Å². The Bertz CT molecular complexity index is 429. The lowest BCUT2D eigenvalue weighted by molar-refractivity contribution is 0.0714. The fourth-order valence-corrected chi connectivity index (χ4v) is 2.62. The van der Waals surface area contributed by atoms with E-state index in [1.807, 2.05) is 0 Å². The van der Waals surface area contributed by atoms with Crippen LogP contribution in [0.4, 0.5) is 0 Å². The molecule has 2 heterocycles. The highest BCUT2D eigenvalue weighted by atomic mass is 32.2. The molecule has 0 saturated carbocycles. The Balaban J connectivity index is 1.82. The van der Waals surface area contributed by atoms with Gasteiger partial charge < -0.3 is 10.1 Å². The number of hydrogen-bond donors (Lipinski definition) is 2. The summed E-state index contributed by atoms with van der Waals surface area (Å²) in [4.78, 5) is 6.31. The van der Waals surface area contributed by atoms with Gasteiger partial charge in [0.15, 0.2) is 0 Å². The summed E-state index contributed by atoms with van der Waals surface area (Å²) in [6.07, 6.45) is 2.49. The van der Waals surface area contributed by atoms with Gasteiger partial charge in [0.05, 0.1) is 24.7 Å². The predicted octanol–water partition coefficient (Wildman–Crippen LogP) is -0.331. The molecule has 19 heavy (non-hydrogen) atoms. The Kier molecular flexibility index (Phi) is 4.64. The van der Waals surface area contributed by atoms with E-state index in [-0.39, 0.29) is 6.10 Å². The number of guanidine groups is 1. The molecule has 0 aromatic carbocycles. The van der Waals surface area contributed by atoms with Crippen molar-refractivity contribution in [1.29, 1.82) is 0 Å². The Morgan fingerprint density at radius 3 is 2.89 bits per heavy atom. The average molecular weight is 290 g/mol. The summed E-state index contributed by atoms with van der Waals surface area (Å²) in [6.45, 7) is 6.02. The second-order valence-electron chi connectivity index (χ2n) is 5.17. The fraction of sp³-hybridized carbons (Fsp3) is 0.909. The Labute approximate surface area is 114 Å². The zero-order chi connectivity index (χ0) is 13.9. The van der Waals surface area contributed by atoms with Crippen LogP contribution < -0.4 is 10.0 Å². The molecule has 0 radical (unpaired) electrons. The third-order valence-electron chi connectivity index (χ3n) is 3.24. The molecule has 110 valence electrons. The Hall–Kier alpha value is -0.860. The number of nitrogens with zero attached hydrogens (tertiary/aromatic N) is 2. The van der Waals surface area contributed by atoms with Crippen LogP contribution in [0.2, 0.25) is 0 Å². The smallest absolute Gasteiger partial charge is 0.237 e. The molecule has 7 nitrogen and oxygen atoms in total. The van der Waals surface area contributed by atoms with Gasteiger partial charge in [0.2, 0.25) is 16.0 Å². The van der Waals surface area contributed by atoms with Crippen LogP contribution in [0.15, 0.2) is 4.99 Å². The van der Waals surface area contributed by atoms with E-state index in [2.05, 4.69) is 19.9 Å². The molecule has 0 unspecified atom stereocenters. The topological polar surface area (TPSA) is 83.0 Å². The highest BCUT2D eigenvalue weighted by Crippen LogP contribution is 2.13. The first-order valence-corrected chi connectivity index (χ1v) is 8.16. The van der Waals surface area contributed by atoms with Crippen molar-refractivity contribution >= 4 is 16.0 Å². The van der Waals surface area contributed by atoms with Gasteiger partial charge in [-0.2, -0.15) is 0 Å². The van der Waals surface area contributed by atoms with Crippen molar-refractivity contribution in [3.05, 3.63) is 0 Å². The Morgan fingerprint density at radius 2 is 2.37 bits per heavy atom. The summed E-state index contributed by atoms with van der Waals surface area (Å²) in [7, 11) is -3.32. The third kappa shape index (κ3) is 4.05. The van der Waals surface area contributed by atoms with Gasteiger partial charge in [0, 0.05) is 13.2 Å². The van der Waals surface area contributed by atoms with Gasteiger partial charge in [-0.15, -0.1) is 0 Å². The summed E-state index contributed by atoms with van der Waals surface area (Å²) in [6, 6.07) is 0. The first kappa shape index (κ1) is 14.5. The molecular weight excluding hydrogens is 268 g/mol. The molecule has 2 rings (SSSR count). The summed E-state index contributed by atoms with van der Waals surface area (Å²) in [5.41, 5.74) is 0. The van der Waals surface area contributed by atoms with Gasteiger partial charge in [0.1, 0.15) is 0 Å². The molecular formula is C11H22N4O3S. The van der Waals surface area contributed by atoms with E-state index >= 15 is 0 Å². The minimum atomic E-state index is -3.32. The lowest BCUT2D eigenvalue weighted by atomic mass is 10.2. The molecule has 8 heteroatoms. The molecule has 1 saturated heterocycles. The highest BCUT2D eigenvalue weighted by Gasteiger charge is 2.23. The van der Waals surface area contributed by atoms with Gasteiger partial charge in [0.25, 0.3) is 0 Å². The van der Waals surface area contributed by atoms with Gasteiger partial charge in [-0.25, -0.2) is 13.4 Å². The fourth-order valence-electron chi connectivity index (χ4n) is 1.98. The summed E-state index contributed by atoms with van der Waals surface area (Å²) < 4.78 is 31.4. The summed E-state index contributed by atoms with van der Waals surface area (Å²) in [5, 5.41) is 2.51. The van der Waals surface area contributed by atoms with E-state index in [9.17, 15) is 8.42 Å². The van der Waals surface area contributed by atoms with Gasteiger partial charge in [-0.1, -0.05) is 0 Å². The number of hydrogen-bond acceptors (Lipinski definition) is 6. The molecule has 0 aromatic heterocycles. The van der Waals surface area contributed by atoms with Crippen LogP contribution in [-0.2, 0) is 14.8 Å². The molecule has 1 atom stereocenters. The van der Waals surface area contributed by atoms with Crippen LogP contribution in [0.1, 0.15) is 26.7 Å². The zero-order valence-electron chi connectivity index (χ0n) is 11.4. The number of rotatable bonds is 4. The molecule has 2 N–H and O–H groups in total. The van der Waals surface area contributed by atoms with E-state index in [0.717, 1.165) is 26.0 Å². The highest BCUT2D eigenvalue weighted by molar-refractivity contribution is 7.90. The maximum atomic E-state index is 11.7. The number of ether oxygens (including phenoxy) is 1. The van der Waals surface area contributed by atoms with Crippen molar-refractivity contribution < 1.29 is 13.2 Å². The third-order valence-corrected chi connectivity index (χ3v) is 4.96. The van der Waals surface area contributed by atoms with Gasteiger partial charge in [-0.3, -0.25) is 9.62 Å². The lowest BCUT2D eigenvalue weighted by Gasteiger charge is -2.28. The van der Waals surface area contributed by atoms with Gasteiger partial charge >= 0.3 is 0 Å². The summed E-state index contributed by atoms with van der Waals surface area (Å²) in [5.74, 6) is 0.331. The van der Waals surface area contributed by atoms with E-state index in [4.69, 9.17) is 4.74 Å². The molecule has 0 spiro atoms. The van der Waals surface area contributed by atoms with Crippen molar-refractivity contribution in [3.63, 3.8) is 0 Å². The second-order valence-corrected chi connectivity index (χ2v) is 7.40. The second kappa shape index (κ2) is 6.06. The summed E-state index contributed by atoms with van der Waals surface area (Å²) >= 11 is 0. The SMILES string of the molecule is CC(C)S(=O)(=O)NC1=NCN(C[C@H]2CCCO2)CN1. The monoisotopic (exact) mass is 290 g/mol. The molecule has 0 aromatic rings. The van der Waals surface area contributed by atoms with Crippen LogP contribution in [0.3, 0.4) is 0 Å². The first-order chi connectivity index (χ1) is 8.97. The molecule has 1 fully saturated rings. The maximum Gasteiger partial charge on any atom is 0.237 e. The molecule has 0 aliphatic carbocycles. The Morgan fingerprint density at radius 1 is 1.58 bits per heavy atom. The van der Waals surface area contributed by atoms with E-state index in [0.29, 0.717) is 19.3 Å². The van der Waals surface area contributed by atoms with Crippen molar-refractivity contribution in [2.24, 2.45) is 4.99 Å². The van der Waals surface area contributed by atoms with E-state index in [1.54, 1.807) is 13.8 Å². The van der Waals surface area contributed by atoms with Crippen molar-refractivity contribution in [3.8, 4) is 0 Å². The van der Waals surface area contributed by atoms with Crippen molar-refractivity contribution in [2.45, 2.75) is 38.0 Å². The molecule has 0 amide bonds. The predicted molar refractivity (Wildman–Crippen MR) is 73.2 cm³/mol. The van der Waals surface area contributed by atoms with Crippen LogP contribution in [-0.4, -0.2) is 57.1 Å². The average Bonchev–Trinajstić information content (AvgIpc) is 2.84. The van der Waals surface area contributed by atoms with E-state index < -0.39 is 15.3 Å². The quantitative estimate of drug-likeness (QED) is 0.741. The molecule has 2 aliphatic rings. The zero-order valence-corrected chi connectivity index (χ0v) is 12.2. The molecule has 2 aliphatic heterocycles. The maximum absolute atomic E-state index is 11.7. The molecule has 0 bridgehead atoms. The first-order valence-electron chi connectivity index (χ1n) is 6.61. The normalized spacial score (nSPS) is 25.2. The van der Waals surface area contributed by atoms with Crippen LogP contribution >= 0.6 is 0 Å². The van der Waals surface area contributed by atoms with Gasteiger partial charge in [-0.05, 0) is 26.7 Å². The van der Waals surface area contributed by atoms with Crippen LogP contribution in [0.25, 0.3) is 0 Å². The van der Waals surface area contributed by atoms with Crippen LogP contribution in [0.5, 0.6) is 0 Å². The van der Waals surface area contributed by atoms with Crippen molar-refractivity contribution in [1.82, 2.24) is 14.9 Å². The number of nitrogens with one attached hydrogen (secondary N) is 2.